The van der Waals surface area contributed by atoms with Gasteiger partial charge in [-0.3, -0.25) is 4.79 Å². The summed E-state index contributed by atoms with van der Waals surface area (Å²) in [7, 11) is 4.71. The minimum Gasteiger partial charge on any atom is -0.493 e. The highest BCUT2D eigenvalue weighted by Crippen LogP contribution is 2.40. The number of rotatable bonds is 9. The number of aromatic nitrogens is 3. The van der Waals surface area contributed by atoms with Gasteiger partial charge in [-0.15, -0.1) is 0 Å². The van der Waals surface area contributed by atoms with E-state index in [2.05, 4.69) is 43.7 Å². The Bertz CT molecular complexity index is 1430. The fourth-order valence-corrected chi connectivity index (χ4v) is 5.02. The zero-order chi connectivity index (χ0) is 27.4. The number of amides is 1. The molecule has 1 amide bonds. The second-order valence-electron chi connectivity index (χ2n) is 9.62. The van der Waals surface area contributed by atoms with Crippen LogP contribution < -0.4 is 29.7 Å². The van der Waals surface area contributed by atoms with Gasteiger partial charge in [-0.25, -0.2) is 4.98 Å². The molecular formula is C29H34N6O4. The first-order valence-electron chi connectivity index (χ1n) is 13.0. The maximum Gasteiger partial charge on any atom is 0.229 e. The van der Waals surface area contributed by atoms with Crippen LogP contribution in [0.15, 0.2) is 54.9 Å². The van der Waals surface area contributed by atoms with Gasteiger partial charge in [0.2, 0.25) is 17.6 Å². The van der Waals surface area contributed by atoms with E-state index in [0.29, 0.717) is 35.4 Å². The molecule has 10 nitrogen and oxygen atoms in total. The average Bonchev–Trinajstić information content (AvgIpc) is 3.45. The number of hydrogen-bond acceptors (Lipinski definition) is 8. The number of ether oxygens (including phenoxy) is 3. The number of carbonyl (C=O) groups excluding carboxylic acids is 1. The predicted molar refractivity (Wildman–Crippen MR) is 151 cm³/mol. The highest BCUT2D eigenvalue weighted by atomic mass is 16.5. The molecule has 1 saturated heterocycles. The van der Waals surface area contributed by atoms with Crippen molar-refractivity contribution in [1.82, 2.24) is 20.3 Å². The maximum absolute atomic E-state index is 13.2. The van der Waals surface area contributed by atoms with E-state index in [9.17, 15) is 4.79 Å². The topological polar surface area (TPSA) is 114 Å². The van der Waals surface area contributed by atoms with Crippen LogP contribution in [0, 0.1) is 5.92 Å². The number of aromatic amines is 1. The lowest BCUT2D eigenvalue weighted by atomic mass is 9.96. The van der Waals surface area contributed by atoms with Crippen LogP contribution in [-0.2, 0) is 4.79 Å². The summed E-state index contributed by atoms with van der Waals surface area (Å²) in [5.41, 5.74) is 2.87. The standard InChI is InChI=1S/C29H34N6O4/c1-18(19-7-8-23-20(14-19)9-11-30-23)32-28(36)21-6-5-13-35(17-21)26-10-12-31-29(34-26)33-22-15-24(37-2)27(39-4)25(16-22)38-3/h7-12,14-16,18,21,30H,5-6,13,17H2,1-4H3,(H,32,36)(H,31,33,34)/t18?,21-/m0/s1. The molecule has 0 spiro atoms. The number of carbonyl (C=O) groups is 1. The number of benzene rings is 2. The van der Waals surface area contributed by atoms with Crippen molar-refractivity contribution in [2.75, 3.05) is 44.6 Å². The predicted octanol–water partition coefficient (Wildman–Crippen LogP) is 4.82. The summed E-state index contributed by atoms with van der Waals surface area (Å²) < 4.78 is 16.3. The van der Waals surface area contributed by atoms with Crippen molar-refractivity contribution in [2.45, 2.75) is 25.8 Å². The van der Waals surface area contributed by atoms with Crippen LogP contribution in [0.4, 0.5) is 17.5 Å². The summed E-state index contributed by atoms with van der Waals surface area (Å²) in [5.74, 6) is 2.71. The monoisotopic (exact) mass is 530 g/mol. The van der Waals surface area contributed by atoms with Gasteiger partial charge < -0.3 is 34.7 Å². The first kappa shape index (κ1) is 26.1. The highest BCUT2D eigenvalue weighted by Gasteiger charge is 2.28. The molecule has 0 saturated carbocycles. The molecule has 3 N–H and O–H groups in total. The molecule has 1 fully saturated rings. The van der Waals surface area contributed by atoms with Crippen molar-refractivity contribution >= 4 is 34.3 Å². The van der Waals surface area contributed by atoms with Crippen LogP contribution in [-0.4, -0.2) is 55.3 Å². The Balaban J connectivity index is 1.26. The van der Waals surface area contributed by atoms with Crippen molar-refractivity contribution in [1.29, 1.82) is 0 Å². The van der Waals surface area contributed by atoms with E-state index in [1.54, 1.807) is 39.7 Å². The molecule has 3 heterocycles. The molecule has 1 aliphatic rings. The van der Waals surface area contributed by atoms with Gasteiger partial charge in [0.15, 0.2) is 11.5 Å². The normalized spacial score (nSPS) is 16.0. The van der Waals surface area contributed by atoms with Gasteiger partial charge in [-0.1, -0.05) is 6.07 Å². The summed E-state index contributed by atoms with van der Waals surface area (Å²) in [6.07, 6.45) is 5.38. The van der Waals surface area contributed by atoms with Gasteiger partial charge in [0.05, 0.1) is 33.3 Å². The number of fused-ring (bicyclic) bond motifs is 1. The minimum atomic E-state index is -0.126. The molecule has 0 aliphatic carbocycles. The zero-order valence-electron chi connectivity index (χ0n) is 22.7. The molecule has 1 aliphatic heterocycles. The zero-order valence-corrected chi connectivity index (χ0v) is 22.7. The molecule has 0 bridgehead atoms. The average molecular weight is 531 g/mol. The summed E-state index contributed by atoms with van der Waals surface area (Å²) in [5, 5.41) is 7.58. The lowest BCUT2D eigenvalue weighted by molar-refractivity contribution is -0.125. The Labute approximate surface area is 227 Å². The van der Waals surface area contributed by atoms with Crippen molar-refractivity contribution in [3.8, 4) is 17.2 Å². The summed E-state index contributed by atoms with van der Waals surface area (Å²) in [6.45, 7) is 3.44. The third kappa shape index (κ3) is 5.69. The van der Waals surface area contributed by atoms with E-state index in [0.717, 1.165) is 41.7 Å². The molecular weight excluding hydrogens is 496 g/mol. The summed E-state index contributed by atoms with van der Waals surface area (Å²) in [4.78, 5) is 27.7. The number of H-pyrrole nitrogens is 1. The smallest absolute Gasteiger partial charge is 0.229 e. The van der Waals surface area contributed by atoms with Crippen LogP contribution in [0.3, 0.4) is 0 Å². The first-order valence-corrected chi connectivity index (χ1v) is 13.0. The third-order valence-electron chi connectivity index (χ3n) is 7.11. The van der Waals surface area contributed by atoms with Crippen molar-refractivity contribution in [2.24, 2.45) is 5.92 Å². The molecule has 4 aromatic rings. The van der Waals surface area contributed by atoms with E-state index in [-0.39, 0.29) is 17.9 Å². The molecule has 2 atom stereocenters. The van der Waals surface area contributed by atoms with Crippen LogP contribution in [0.5, 0.6) is 17.2 Å². The number of nitrogens with zero attached hydrogens (tertiary/aromatic N) is 3. The van der Waals surface area contributed by atoms with Gasteiger partial charge in [-0.05, 0) is 55.0 Å². The Morgan fingerprint density at radius 3 is 2.62 bits per heavy atom. The summed E-state index contributed by atoms with van der Waals surface area (Å²) in [6, 6.07) is 13.7. The Hall–Kier alpha value is -4.47. The van der Waals surface area contributed by atoms with Crippen LogP contribution in [0.1, 0.15) is 31.4 Å². The van der Waals surface area contributed by atoms with E-state index >= 15 is 0 Å². The van der Waals surface area contributed by atoms with Gasteiger partial charge in [0.25, 0.3) is 0 Å². The van der Waals surface area contributed by atoms with Crippen molar-refractivity contribution in [3.63, 3.8) is 0 Å². The molecule has 1 unspecified atom stereocenters. The van der Waals surface area contributed by atoms with Crippen LogP contribution in [0.2, 0.25) is 0 Å². The summed E-state index contributed by atoms with van der Waals surface area (Å²) >= 11 is 0. The van der Waals surface area contributed by atoms with Crippen LogP contribution in [0.25, 0.3) is 10.9 Å². The lowest BCUT2D eigenvalue weighted by Gasteiger charge is -2.33. The first-order chi connectivity index (χ1) is 19.0. The van der Waals surface area contributed by atoms with Crippen molar-refractivity contribution < 1.29 is 19.0 Å². The van der Waals surface area contributed by atoms with E-state index in [4.69, 9.17) is 19.2 Å². The minimum absolute atomic E-state index is 0.0613. The highest BCUT2D eigenvalue weighted by molar-refractivity contribution is 5.82. The van der Waals surface area contributed by atoms with E-state index in [1.165, 1.54) is 0 Å². The SMILES string of the molecule is COc1cc(Nc2nccc(N3CCC[C@H](C(=O)NC(C)c4ccc5[nH]ccc5c4)C3)n2)cc(OC)c1OC. The fraction of sp³-hybridized carbons (Fsp3) is 0.345. The fourth-order valence-electron chi connectivity index (χ4n) is 5.02. The van der Waals surface area contributed by atoms with E-state index in [1.807, 2.05) is 25.3 Å². The second-order valence-corrected chi connectivity index (χ2v) is 9.62. The van der Waals surface area contributed by atoms with Gasteiger partial charge in [0.1, 0.15) is 5.82 Å². The molecule has 39 heavy (non-hydrogen) atoms. The van der Waals surface area contributed by atoms with Gasteiger partial charge >= 0.3 is 0 Å². The molecule has 10 heteroatoms. The van der Waals surface area contributed by atoms with Crippen LogP contribution >= 0.6 is 0 Å². The number of anilines is 3. The third-order valence-corrected chi connectivity index (χ3v) is 7.11. The second kappa shape index (κ2) is 11.5. The van der Waals surface area contributed by atoms with Gasteiger partial charge in [-0.2, -0.15) is 4.98 Å². The molecule has 5 rings (SSSR count). The molecule has 2 aromatic heterocycles. The Morgan fingerprint density at radius 2 is 1.87 bits per heavy atom. The Morgan fingerprint density at radius 1 is 1.08 bits per heavy atom. The number of methoxy groups -OCH3 is 3. The van der Waals surface area contributed by atoms with Crippen molar-refractivity contribution in [3.05, 3.63) is 60.4 Å². The largest absolute Gasteiger partial charge is 0.493 e. The maximum atomic E-state index is 13.2. The number of hydrogen-bond donors (Lipinski definition) is 3. The number of piperidine rings is 1. The quantitative estimate of drug-likeness (QED) is 0.282. The Kier molecular flexibility index (Phi) is 7.72. The number of nitrogens with one attached hydrogen (secondary N) is 3. The van der Waals surface area contributed by atoms with E-state index < -0.39 is 0 Å². The lowest BCUT2D eigenvalue weighted by Crippen LogP contribution is -2.44. The molecule has 204 valence electrons. The van der Waals surface area contributed by atoms with Gasteiger partial charge in [0, 0.05) is 48.8 Å². The molecule has 2 aromatic carbocycles. The molecule has 0 radical (unpaired) electrons.